The molecule has 0 saturated carbocycles. The molecular formula is C22H25N3O4S. The number of fused-ring (bicyclic) bond motifs is 3. The normalized spacial score (nSPS) is 18.5. The van der Waals surface area contributed by atoms with Gasteiger partial charge in [-0.3, -0.25) is 9.59 Å². The Balaban J connectivity index is 1.71. The Hall–Kier alpha value is -2.84. The molecule has 0 bridgehead atoms. The molecule has 2 amide bonds. The van der Waals surface area contributed by atoms with E-state index in [1.807, 2.05) is 53.3 Å². The molecule has 0 saturated heterocycles. The van der Waals surface area contributed by atoms with E-state index >= 15 is 0 Å². The second kappa shape index (κ2) is 8.12. The number of amides is 2. The lowest BCUT2D eigenvalue weighted by Crippen LogP contribution is -2.63. The van der Waals surface area contributed by atoms with Crippen molar-refractivity contribution in [1.82, 2.24) is 14.8 Å². The number of ether oxygens (including phenoxy) is 2. The first-order valence-electron chi connectivity index (χ1n) is 9.77. The molecule has 0 spiro atoms. The first kappa shape index (κ1) is 20.4. The van der Waals surface area contributed by atoms with Gasteiger partial charge in [0.2, 0.25) is 5.91 Å². The number of hydrogen-bond acceptors (Lipinski definition) is 5. The number of methoxy groups -OCH3 is 2. The van der Waals surface area contributed by atoms with Crippen LogP contribution in [0.2, 0.25) is 0 Å². The standard InChI is InChI=1S/C22H25N3O4S/c1-22(21(27)23-9-10-28-2)14-24-18(12-16-8-11-30-20(16)24)19(26)25(22)13-15-4-6-17(29-3)7-5-15/h4-8,11-12H,9-10,13-14H2,1-3H3,(H,23,27). The van der Waals surface area contributed by atoms with Crippen molar-refractivity contribution in [3.05, 3.63) is 53.0 Å². The van der Waals surface area contributed by atoms with Gasteiger partial charge in [0.05, 0.1) is 20.3 Å². The highest BCUT2D eigenvalue weighted by atomic mass is 32.1. The van der Waals surface area contributed by atoms with Gasteiger partial charge in [0.1, 0.15) is 21.8 Å². The van der Waals surface area contributed by atoms with Crippen LogP contribution in [0.1, 0.15) is 23.0 Å². The largest absolute Gasteiger partial charge is 0.497 e. The van der Waals surface area contributed by atoms with Crippen molar-refractivity contribution in [3.8, 4) is 5.75 Å². The average Bonchev–Trinajstić information content (AvgIpc) is 3.34. The van der Waals surface area contributed by atoms with Gasteiger partial charge in [-0.2, -0.15) is 0 Å². The molecule has 158 valence electrons. The summed E-state index contributed by atoms with van der Waals surface area (Å²) in [7, 11) is 3.21. The summed E-state index contributed by atoms with van der Waals surface area (Å²) in [6.07, 6.45) is 0. The van der Waals surface area contributed by atoms with Gasteiger partial charge in [-0.1, -0.05) is 12.1 Å². The zero-order chi connectivity index (χ0) is 21.3. The summed E-state index contributed by atoms with van der Waals surface area (Å²) in [6.45, 7) is 3.36. The molecule has 3 aromatic rings. The van der Waals surface area contributed by atoms with E-state index in [2.05, 4.69) is 5.32 Å². The Morgan fingerprint density at radius 3 is 2.70 bits per heavy atom. The minimum Gasteiger partial charge on any atom is -0.497 e. The Kier molecular flexibility index (Phi) is 5.53. The van der Waals surface area contributed by atoms with Gasteiger partial charge in [-0.05, 0) is 42.1 Å². The van der Waals surface area contributed by atoms with E-state index in [-0.39, 0.29) is 11.8 Å². The Bertz CT molecular complexity index is 1070. The van der Waals surface area contributed by atoms with Gasteiger partial charge in [0.15, 0.2) is 0 Å². The first-order valence-corrected chi connectivity index (χ1v) is 10.6. The van der Waals surface area contributed by atoms with Crippen LogP contribution < -0.4 is 10.1 Å². The van der Waals surface area contributed by atoms with Crippen LogP contribution in [0.5, 0.6) is 5.75 Å². The van der Waals surface area contributed by atoms with Crippen LogP contribution in [-0.2, 0) is 22.6 Å². The average molecular weight is 428 g/mol. The maximum absolute atomic E-state index is 13.5. The number of nitrogens with one attached hydrogen (secondary N) is 1. The van der Waals surface area contributed by atoms with Gasteiger partial charge in [-0.15, -0.1) is 11.3 Å². The third-order valence-electron chi connectivity index (χ3n) is 5.61. The van der Waals surface area contributed by atoms with Crippen molar-refractivity contribution in [2.24, 2.45) is 0 Å². The molecule has 1 aliphatic heterocycles. The maximum atomic E-state index is 13.5. The Labute approximate surface area is 179 Å². The molecular weight excluding hydrogens is 402 g/mol. The molecule has 0 fully saturated rings. The molecule has 0 aliphatic carbocycles. The zero-order valence-electron chi connectivity index (χ0n) is 17.3. The number of carbonyl (C=O) groups excluding carboxylic acids is 2. The summed E-state index contributed by atoms with van der Waals surface area (Å²) in [5.74, 6) is 0.410. The zero-order valence-corrected chi connectivity index (χ0v) is 18.1. The molecule has 4 rings (SSSR count). The summed E-state index contributed by atoms with van der Waals surface area (Å²) in [4.78, 5) is 29.5. The van der Waals surface area contributed by atoms with E-state index < -0.39 is 5.54 Å². The molecule has 0 radical (unpaired) electrons. The lowest BCUT2D eigenvalue weighted by atomic mass is 9.94. The quantitative estimate of drug-likeness (QED) is 0.589. The second-order valence-corrected chi connectivity index (χ2v) is 8.45. The van der Waals surface area contributed by atoms with Gasteiger partial charge in [0.25, 0.3) is 5.91 Å². The van der Waals surface area contributed by atoms with Crippen molar-refractivity contribution in [2.45, 2.75) is 25.6 Å². The van der Waals surface area contributed by atoms with Crippen molar-refractivity contribution >= 4 is 33.4 Å². The maximum Gasteiger partial charge on any atom is 0.271 e. The second-order valence-electron chi connectivity index (χ2n) is 7.56. The summed E-state index contributed by atoms with van der Waals surface area (Å²) in [5.41, 5.74) is 0.516. The van der Waals surface area contributed by atoms with Gasteiger partial charge >= 0.3 is 0 Å². The highest BCUT2D eigenvalue weighted by molar-refractivity contribution is 7.16. The predicted octanol–water partition coefficient (Wildman–Crippen LogP) is 2.89. The van der Waals surface area contributed by atoms with Gasteiger partial charge < -0.3 is 24.3 Å². The van der Waals surface area contributed by atoms with E-state index in [4.69, 9.17) is 9.47 Å². The number of aromatic nitrogens is 1. The lowest BCUT2D eigenvalue weighted by molar-refractivity contribution is -0.133. The number of benzene rings is 1. The van der Waals surface area contributed by atoms with Gasteiger partial charge in [-0.25, -0.2) is 0 Å². The molecule has 1 N–H and O–H groups in total. The predicted molar refractivity (Wildman–Crippen MR) is 116 cm³/mol. The number of rotatable bonds is 7. The fourth-order valence-corrected chi connectivity index (χ4v) is 4.77. The first-order chi connectivity index (χ1) is 14.5. The van der Waals surface area contributed by atoms with Crippen molar-refractivity contribution in [3.63, 3.8) is 0 Å². The van der Waals surface area contributed by atoms with E-state index in [1.54, 1.807) is 30.5 Å². The molecule has 30 heavy (non-hydrogen) atoms. The minimum atomic E-state index is -1.03. The topological polar surface area (TPSA) is 72.8 Å². The summed E-state index contributed by atoms with van der Waals surface area (Å²) in [6, 6.07) is 11.5. The molecule has 1 unspecified atom stereocenters. The van der Waals surface area contributed by atoms with E-state index in [9.17, 15) is 9.59 Å². The Morgan fingerprint density at radius 1 is 1.23 bits per heavy atom. The van der Waals surface area contributed by atoms with Crippen LogP contribution in [0.4, 0.5) is 0 Å². The van der Waals surface area contributed by atoms with Crippen LogP contribution in [0.3, 0.4) is 0 Å². The van der Waals surface area contributed by atoms with Crippen molar-refractivity contribution < 1.29 is 19.1 Å². The summed E-state index contributed by atoms with van der Waals surface area (Å²) < 4.78 is 12.3. The van der Waals surface area contributed by atoms with E-state index in [0.29, 0.717) is 31.9 Å². The SMILES string of the molecule is COCCNC(=O)C1(C)Cn2c(cc3ccsc32)C(=O)N1Cc1ccc(OC)cc1. The van der Waals surface area contributed by atoms with E-state index in [0.717, 1.165) is 21.5 Å². The van der Waals surface area contributed by atoms with Crippen molar-refractivity contribution in [2.75, 3.05) is 27.4 Å². The third-order valence-corrected chi connectivity index (χ3v) is 6.56. The van der Waals surface area contributed by atoms with Crippen LogP contribution in [0.15, 0.2) is 41.8 Å². The molecule has 3 heterocycles. The lowest BCUT2D eigenvalue weighted by Gasteiger charge is -2.44. The fraction of sp³-hybridized carbons (Fsp3) is 0.364. The molecule has 1 atom stereocenters. The third kappa shape index (κ3) is 3.46. The smallest absolute Gasteiger partial charge is 0.271 e. The molecule has 1 aliphatic rings. The van der Waals surface area contributed by atoms with Crippen molar-refractivity contribution in [1.29, 1.82) is 0 Å². The van der Waals surface area contributed by atoms with Gasteiger partial charge in [0, 0.05) is 25.6 Å². The number of hydrogen-bond donors (Lipinski definition) is 1. The monoisotopic (exact) mass is 427 g/mol. The number of carbonyl (C=O) groups is 2. The minimum absolute atomic E-state index is 0.148. The van der Waals surface area contributed by atoms with Crippen LogP contribution in [0.25, 0.3) is 10.2 Å². The highest BCUT2D eigenvalue weighted by Crippen LogP contribution is 2.35. The molecule has 1 aromatic carbocycles. The number of thiophene rings is 1. The summed E-state index contributed by atoms with van der Waals surface area (Å²) >= 11 is 1.58. The number of nitrogens with zero attached hydrogens (tertiary/aromatic N) is 2. The Morgan fingerprint density at radius 2 is 2.00 bits per heavy atom. The highest BCUT2D eigenvalue weighted by Gasteiger charge is 2.47. The van der Waals surface area contributed by atoms with E-state index in [1.165, 1.54) is 0 Å². The molecule has 7 nitrogen and oxygen atoms in total. The van der Waals surface area contributed by atoms with Crippen LogP contribution >= 0.6 is 11.3 Å². The summed E-state index contributed by atoms with van der Waals surface area (Å²) in [5, 5.41) is 5.95. The fourth-order valence-electron chi connectivity index (χ4n) is 3.88. The van der Waals surface area contributed by atoms with Crippen LogP contribution in [0, 0.1) is 0 Å². The molecule has 8 heteroatoms. The van der Waals surface area contributed by atoms with Crippen LogP contribution in [-0.4, -0.2) is 54.2 Å². The molecule has 2 aromatic heterocycles.